The number of hydrogen-bond donors (Lipinski definition) is 2. The minimum atomic E-state index is -0.534. The number of nitrogens with zero attached hydrogens (tertiary/aromatic N) is 1. The van der Waals surface area contributed by atoms with Gasteiger partial charge in [0.1, 0.15) is 12.3 Å². The van der Waals surface area contributed by atoms with E-state index < -0.39 is 36.1 Å². The zero-order chi connectivity index (χ0) is 24.2. The molecule has 4 amide bonds. The molecule has 2 N–H and O–H groups in total. The van der Waals surface area contributed by atoms with Gasteiger partial charge in [-0.15, -0.1) is 0 Å². The molecule has 0 saturated heterocycles. The third-order valence-electron chi connectivity index (χ3n) is 4.96. The molecule has 34 heavy (non-hydrogen) atoms. The number of imide groups is 1. The number of carbonyl (C=O) groups is 5. The standard InChI is InChI=1S/C25H19N3O6/c1-15(29)34-19-6-4-5-16(13-19)23(31)27-18-11-9-17(10-12-18)26-22(30)14-28-24(32)20-7-2-3-8-21(20)25(28)33/h2-13H,14H2,1H3,(H,26,30)(H,27,31). The van der Waals surface area contributed by atoms with Crippen molar-refractivity contribution < 1.29 is 28.7 Å². The Morgan fingerprint density at radius 3 is 1.97 bits per heavy atom. The zero-order valence-corrected chi connectivity index (χ0v) is 18.0. The van der Waals surface area contributed by atoms with Crippen molar-refractivity contribution in [3.05, 3.63) is 89.5 Å². The number of carbonyl (C=O) groups excluding carboxylic acids is 5. The fourth-order valence-corrected chi connectivity index (χ4v) is 3.43. The topological polar surface area (TPSA) is 122 Å². The van der Waals surface area contributed by atoms with Crippen molar-refractivity contribution in [1.82, 2.24) is 4.90 Å². The van der Waals surface area contributed by atoms with Crippen molar-refractivity contribution in [2.45, 2.75) is 6.92 Å². The Balaban J connectivity index is 1.35. The fraction of sp³-hybridized carbons (Fsp3) is 0.0800. The number of amides is 4. The first kappa shape index (κ1) is 22.4. The highest BCUT2D eigenvalue weighted by Gasteiger charge is 2.36. The van der Waals surface area contributed by atoms with E-state index in [4.69, 9.17) is 4.74 Å². The van der Waals surface area contributed by atoms with Crippen molar-refractivity contribution in [2.75, 3.05) is 17.2 Å². The molecule has 0 unspecified atom stereocenters. The summed E-state index contributed by atoms with van der Waals surface area (Å²) in [5.41, 5.74) is 1.76. The summed E-state index contributed by atoms with van der Waals surface area (Å²) in [5, 5.41) is 5.34. The summed E-state index contributed by atoms with van der Waals surface area (Å²) in [6.45, 7) is 0.858. The summed E-state index contributed by atoms with van der Waals surface area (Å²) >= 11 is 0. The first-order valence-electron chi connectivity index (χ1n) is 10.3. The number of ether oxygens (including phenoxy) is 1. The van der Waals surface area contributed by atoms with E-state index in [1.54, 1.807) is 66.7 Å². The van der Waals surface area contributed by atoms with Gasteiger partial charge in [-0.05, 0) is 54.6 Å². The van der Waals surface area contributed by atoms with E-state index in [-0.39, 0.29) is 16.9 Å². The van der Waals surface area contributed by atoms with E-state index >= 15 is 0 Å². The lowest BCUT2D eigenvalue weighted by atomic mass is 10.1. The number of nitrogens with one attached hydrogen (secondary N) is 2. The van der Waals surface area contributed by atoms with E-state index in [0.29, 0.717) is 16.9 Å². The third kappa shape index (κ3) is 4.83. The van der Waals surface area contributed by atoms with Crippen LogP contribution in [-0.2, 0) is 9.59 Å². The molecular weight excluding hydrogens is 438 g/mol. The van der Waals surface area contributed by atoms with Crippen LogP contribution in [-0.4, -0.2) is 41.0 Å². The van der Waals surface area contributed by atoms with E-state index in [2.05, 4.69) is 10.6 Å². The predicted molar refractivity (Wildman–Crippen MR) is 123 cm³/mol. The monoisotopic (exact) mass is 457 g/mol. The minimum absolute atomic E-state index is 0.260. The number of fused-ring (bicyclic) bond motifs is 1. The average molecular weight is 457 g/mol. The van der Waals surface area contributed by atoms with Crippen LogP contribution in [0.2, 0.25) is 0 Å². The van der Waals surface area contributed by atoms with Crippen LogP contribution in [0.4, 0.5) is 11.4 Å². The van der Waals surface area contributed by atoms with Gasteiger partial charge in [-0.1, -0.05) is 18.2 Å². The van der Waals surface area contributed by atoms with Gasteiger partial charge >= 0.3 is 5.97 Å². The molecule has 0 aliphatic carbocycles. The fourth-order valence-electron chi connectivity index (χ4n) is 3.43. The van der Waals surface area contributed by atoms with Gasteiger partial charge in [0.25, 0.3) is 17.7 Å². The maximum Gasteiger partial charge on any atom is 0.308 e. The number of esters is 1. The molecule has 1 aliphatic rings. The SMILES string of the molecule is CC(=O)Oc1cccc(C(=O)Nc2ccc(NC(=O)CN3C(=O)c4ccccc4C3=O)cc2)c1. The van der Waals surface area contributed by atoms with Crippen LogP contribution in [0.25, 0.3) is 0 Å². The second-order valence-corrected chi connectivity index (χ2v) is 7.44. The van der Waals surface area contributed by atoms with Crippen LogP contribution in [0.15, 0.2) is 72.8 Å². The van der Waals surface area contributed by atoms with Gasteiger partial charge in [0.2, 0.25) is 5.91 Å². The Labute approximate surface area is 194 Å². The third-order valence-corrected chi connectivity index (χ3v) is 4.96. The van der Waals surface area contributed by atoms with E-state index in [9.17, 15) is 24.0 Å². The molecule has 9 nitrogen and oxygen atoms in total. The van der Waals surface area contributed by atoms with Gasteiger partial charge < -0.3 is 15.4 Å². The highest BCUT2D eigenvalue weighted by Crippen LogP contribution is 2.22. The van der Waals surface area contributed by atoms with Gasteiger partial charge in [0, 0.05) is 23.9 Å². The lowest BCUT2D eigenvalue weighted by Gasteiger charge is -2.14. The molecular formula is C25H19N3O6. The summed E-state index contributed by atoms with van der Waals surface area (Å²) in [6, 6.07) is 18.9. The van der Waals surface area contributed by atoms with Crippen molar-refractivity contribution in [1.29, 1.82) is 0 Å². The lowest BCUT2D eigenvalue weighted by molar-refractivity contribution is -0.131. The predicted octanol–water partition coefficient (Wildman–Crippen LogP) is 3.10. The smallest absolute Gasteiger partial charge is 0.308 e. The largest absolute Gasteiger partial charge is 0.427 e. The lowest BCUT2D eigenvalue weighted by Crippen LogP contribution is -2.37. The molecule has 0 fully saturated rings. The molecule has 0 atom stereocenters. The van der Waals surface area contributed by atoms with Gasteiger partial charge in [-0.3, -0.25) is 28.9 Å². The molecule has 0 spiro atoms. The highest BCUT2D eigenvalue weighted by molar-refractivity contribution is 6.22. The van der Waals surface area contributed by atoms with Gasteiger partial charge in [0.15, 0.2) is 0 Å². The minimum Gasteiger partial charge on any atom is -0.427 e. The molecule has 3 aromatic carbocycles. The van der Waals surface area contributed by atoms with Crippen molar-refractivity contribution in [3.63, 3.8) is 0 Å². The summed E-state index contributed by atoms with van der Waals surface area (Å²) < 4.78 is 4.98. The van der Waals surface area contributed by atoms with E-state index in [1.807, 2.05) is 0 Å². The number of hydrogen-bond acceptors (Lipinski definition) is 6. The van der Waals surface area contributed by atoms with Gasteiger partial charge in [-0.25, -0.2) is 0 Å². The van der Waals surface area contributed by atoms with E-state index in [0.717, 1.165) is 4.90 Å². The van der Waals surface area contributed by atoms with Crippen molar-refractivity contribution >= 4 is 41.0 Å². The van der Waals surface area contributed by atoms with Gasteiger partial charge in [-0.2, -0.15) is 0 Å². The first-order chi connectivity index (χ1) is 16.3. The second kappa shape index (κ2) is 9.37. The quantitative estimate of drug-likeness (QED) is 0.333. The Kier molecular flexibility index (Phi) is 6.18. The number of rotatable bonds is 6. The first-order valence-corrected chi connectivity index (χ1v) is 10.3. The van der Waals surface area contributed by atoms with Crippen LogP contribution in [0.5, 0.6) is 5.75 Å². The molecule has 1 aliphatic heterocycles. The molecule has 9 heteroatoms. The Bertz CT molecular complexity index is 1280. The second-order valence-electron chi connectivity index (χ2n) is 7.44. The maximum absolute atomic E-state index is 12.5. The van der Waals surface area contributed by atoms with Crippen LogP contribution in [0, 0.1) is 0 Å². The summed E-state index contributed by atoms with van der Waals surface area (Å²) in [5.74, 6) is -2.18. The Hall–Kier alpha value is -4.79. The summed E-state index contributed by atoms with van der Waals surface area (Å²) in [7, 11) is 0. The molecule has 4 rings (SSSR count). The van der Waals surface area contributed by atoms with Crippen LogP contribution >= 0.6 is 0 Å². The molecule has 1 heterocycles. The molecule has 0 radical (unpaired) electrons. The number of anilines is 2. The molecule has 0 aromatic heterocycles. The van der Waals surface area contributed by atoms with Crippen molar-refractivity contribution in [2.24, 2.45) is 0 Å². The maximum atomic E-state index is 12.5. The van der Waals surface area contributed by atoms with Crippen LogP contribution in [0.3, 0.4) is 0 Å². The zero-order valence-electron chi connectivity index (χ0n) is 18.0. The van der Waals surface area contributed by atoms with Gasteiger partial charge in [0.05, 0.1) is 11.1 Å². The van der Waals surface area contributed by atoms with E-state index in [1.165, 1.54) is 13.0 Å². The Morgan fingerprint density at radius 1 is 0.794 bits per heavy atom. The molecule has 170 valence electrons. The highest BCUT2D eigenvalue weighted by atomic mass is 16.5. The molecule has 0 bridgehead atoms. The normalized spacial score (nSPS) is 12.2. The van der Waals surface area contributed by atoms with Crippen molar-refractivity contribution in [3.8, 4) is 5.75 Å². The molecule has 0 saturated carbocycles. The summed E-state index contributed by atoms with van der Waals surface area (Å²) in [6.07, 6.45) is 0. The number of benzene rings is 3. The summed E-state index contributed by atoms with van der Waals surface area (Å²) in [4.78, 5) is 61.6. The van der Waals surface area contributed by atoms with Crippen LogP contribution < -0.4 is 15.4 Å². The molecule has 3 aromatic rings. The average Bonchev–Trinajstić information content (AvgIpc) is 3.05. The Morgan fingerprint density at radius 2 is 1.38 bits per heavy atom. The van der Waals surface area contributed by atoms with Crippen LogP contribution in [0.1, 0.15) is 38.0 Å².